The van der Waals surface area contributed by atoms with Crippen LogP contribution >= 0.6 is 23.4 Å². The fourth-order valence-corrected chi connectivity index (χ4v) is 2.36. The number of halogens is 1. The third-order valence-electron chi connectivity index (χ3n) is 2.57. The summed E-state index contributed by atoms with van der Waals surface area (Å²) in [6.07, 6.45) is 1.97. The molecule has 0 atom stereocenters. The highest BCUT2D eigenvalue weighted by Gasteiger charge is 2.09. The molecule has 0 fully saturated rings. The van der Waals surface area contributed by atoms with Crippen LogP contribution in [0.15, 0.2) is 53.4 Å². The molecule has 0 spiro atoms. The van der Waals surface area contributed by atoms with Gasteiger partial charge in [0.1, 0.15) is 5.75 Å². The van der Waals surface area contributed by atoms with Crippen molar-refractivity contribution in [3.63, 3.8) is 0 Å². The van der Waals surface area contributed by atoms with Crippen molar-refractivity contribution < 1.29 is 9.53 Å². The summed E-state index contributed by atoms with van der Waals surface area (Å²) in [5.41, 5.74) is 0.564. The monoisotopic (exact) mass is 292 g/mol. The molecule has 0 saturated heterocycles. The lowest BCUT2D eigenvalue weighted by Crippen LogP contribution is -2.11. The Hall–Kier alpha value is -1.45. The first-order valence-corrected chi connectivity index (χ1v) is 7.35. The van der Waals surface area contributed by atoms with Gasteiger partial charge in [-0.25, -0.2) is 0 Å². The highest BCUT2D eigenvalue weighted by molar-refractivity contribution is 7.98. The minimum atomic E-state index is -0.0848. The van der Waals surface area contributed by atoms with Gasteiger partial charge in [0.25, 0.3) is 0 Å². The highest BCUT2D eigenvalue weighted by Crippen LogP contribution is 2.26. The van der Waals surface area contributed by atoms with Crippen molar-refractivity contribution in [3.8, 4) is 5.75 Å². The van der Waals surface area contributed by atoms with Gasteiger partial charge in [-0.05, 0) is 30.5 Å². The molecule has 2 aromatic rings. The van der Waals surface area contributed by atoms with E-state index in [2.05, 4.69) is 0 Å². The second-order valence-electron chi connectivity index (χ2n) is 3.87. The van der Waals surface area contributed by atoms with Gasteiger partial charge in [0, 0.05) is 15.5 Å². The van der Waals surface area contributed by atoms with Crippen molar-refractivity contribution >= 4 is 29.1 Å². The normalized spacial score (nSPS) is 10.2. The maximum absolute atomic E-state index is 12.0. The van der Waals surface area contributed by atoms with E-state index in [9.17, 15) is 4.79 Å². The Kier molecular flexibility index (Phi) is 4.88. The number of hydrogen-bond donors (Lipinski definition) is 0. The number of hydrogen-bond acceptors (Lipinski definition) is 3. The SMILES string of the molecule is CSc1ccccc1OCC(=O)c1cccc(Cl)c1. The Labute approximate surface area is 121 Å². The molecule has 0 aliphatic rings. The number of benzene rings is 2. The second kappa shape index (κ2) is 6.64. The summed E-state index contributed by atoms with van der Waals surface area (Å²) in [6, 6.07) is 14.5. The van der Waals surface area contributed by atoms with Crippen molar-refractivity contribution in [1.82, 2.24) is 0 Å². The molecule has 0 aliphatic carbocycles. The van der Waals surface area contributed by atoms with Gasteiger partial charge in [-0.15, -0.1) is 11.8 Å². The Bertz CT molecular complexity index is 584. The number of Topliss-reactive ketones (excluding diaryl/α,β-unsaturated/α-hetero) is 1. The molecule has 0 aromatic heterocycles. The summed E-state index contributed by atoms with van der Waals surface area (Å²) in [5.74, 6) is 0.642. The Morgan fingerprint density at radius 2 is 2.00 bits per heavy atom. The Morgan fingerprint density at radius 1 is 1.21 bits per heavy atom. The van der Waals surface area contributed by atoms with Crippen LogP contribution in [-0.4, -0.2) is 18.6 Å². The van der Waals surface area contributed by atoms with E-state index in [1.165, 1.54) is 0 Å². The van der Waals surface area contributed by atoms with Crippen LogP contribution in [0.4, 0.5) is 0 Å². The van der Waals surface area contributed by atoms with Gasteiger partial charge in [0.05, 0.1) is 0 Å². The van der Waals surface area contributed by atoms with Crippen LogP contribution in [-0.2, 0) is 0 Å². The number of rotatable bonds is 5. The Balaban J connectivity index is 2.04. The topological polar surface area (TPSA) is 26.3 Å². The smallest absolute Gasteiger partial charge is 0.200 e. The van der Waals surface area contributed by atoms with Gasteiger partial charge in [-0.2, -0.15) is 0 Å². The number of ether oxygens (including phenoxy) is 1. The maximum Gasteiger partial charge on any atom is 0.200 e. The Morgan fingerprint density at radius 3 is 2.74 bits per heavy atom. The van der Waals surface area contributed by atoms with E-state index < -0.39 is 0 Å². The minimum Gasteiger partial charge on any atom is -0.484 e. The molecule has 0 aliphatic heterocycles. The molecule has 98 valence electrons. The maximum atomic E-state index is 12.0. The van der Waals surface area contributed by atoms with E-state index in [1.54, 1.807) is 36.0 Å². The molecular formula is C15H13ClO2S. The van der Waals surface area contributed by atoms with Crippen LogP contribution in [0.1, 0.15) is 10.4 Å². The van der Waals surface area contributed by atoms with Crippen LogP contribution in [0.2, 0.25) is 5.02 Å². The molecule has 0 bridgehead atoms. The third kappa shape index (κ3) is 3.75. The van der Waals surface area contributed by atoms with Gasteiger partial charge < -0.3 is 4.74 Å². The van der Waals surface area contributed by atoms with Crippen LogP contribution in [0.25, 0.3) is 0 Å². The lowest BCUT2D eigenvalue weighted by atomic mass is 10.1. The van der Waals surface area contributed by atoms with Crippen molar-refractivity contribution in [3.05, 3.63) is 59.1 Å². The average Bonchev–Trinajstić information content (AvgIpc) is 2.45. The third-order valence-corrected chi connectivity index (χ3v) is 3.59. The van der Waals surface area contributed by atoms with Crippen molar-refractivity contribution in [2.75, 3.05) is 12.9 Å². The van der Waals surface area contributed by atoms with E-state index in [0.29, 0.717) is 10.6 Å². The molecule has 0 unspecified atom stereocenters. The first kappa shape index (κ1) is 14.0. The lowest BCUT2D eigenvalue weighted by Gasteiger charge is -2.09. The fraction of sp³-hybridized carbons (Fsp3) is 0.133. The summed E-state index contributed by atoms with van der Waals surface area (Å²) in [5, 5.41) is 0.551. The predicted molar refractivity (Wildman–Crippen MR) is 79.5 cm³/mol. The van der Waals surface area contributed by atoms with E-state index in [1.807, 2.05) is 30.5 Å². The molecule has 0 amide bonds. The summed E-state index contributed by atoms with van der Waals surface area (Å²) in [6.45, 7) is 0.0118. The minimum absolute atomic E-state index is 0.0118. The molecule has 0 saturated carbocycles. The molecule has 4 heteroatoms. The molecule has 2 nitrogen and oxygen atoms in total. The molecule has 2 rings (SSSR count). The molecule has 19 heavy (non-hydrogen) atoms. The molecule has 0 radical (unpaired) electrons. The van der Waals surface area contributed by atoms with Gasteiger partial charge in [-0.1, -0.05) is 35.9 Å². The fourth-order valence-electron chi connectivity index (χ4n) is 1.63. The van der Waals surface area contributed by atoms with Crippen molar-refractivity contribution in [1.29, 1.82) is 0 Å². The zero-order chi connectivity index (χ0) is 13.7. The lowest BCUT2D eigenvalue weighted by molar-refractivity contribution is 0.0919. The van der Waals surface area contributed by atoms with Crippen molar-refractivity contribution in [2.45, 2.75) is 4.90 Å². The van der Waals surface area contributed by atoms with Gasteiger partial charge in [0.15, 0.2) is 12.4 Å². The van der Waals surface area contributed by atoms with E-state index >= 15 is 0 Å². The molecular weight excluding hydrogens is 280 g/mol. The summed E-state index contributed by atoms with van der Waals surface area (Å²) < 4.78 is 5.57. The highest BCUT2D eigenvalue weighted by atomic mass is 35.5. The quantitative estimate of drug-likeness (QED) is 0.606. The van der Waals surface area contributed by atoms with Crippen LogP contribution in [0.5, 0.6) is 5.75 Å². The zero-order valence-corrected chi connectivity index (χ0v) is 12.0. The largest absolute Gasteiger partial charge is 0.484 e. The molecule has 0 N–H and O–H groups in total. The number of carbonyl (C=O) groups excluding carboxylic acids is 1. The molecule has 2 aromatic carbocycles. The molecule has 0 heterocycles. The van der Waals surface area contributed by atoms with E-state index in [4.69, 9.17) is 16.3 Å². The average molecular weight is 293 g/mol. The summed E-state index contributed by atoms with van der Waals surface area (Å²) in [4.78, 5) is 13.0. The summed E-state index contributed by atoms with van der Waals surface area (Å²) in [7, 11) is 0. The van der Waals surface area contributed by atoms with Crippen LogP contribution < -0.4 is 4.74 Å². The first-order chi connectivity index (χ1) is 9.20. The van der Waals surface area contributed by atoms with Crippen LogP contribution in [0, 0.1) is 0 Å². The predicted octanol–water partition coefficient (Wildman–Crippen LogP) is 4.32. The zero-order valence-electron chi connectivity index (χ0n) is 10.4. The number of para-hydroxylation sites is 1. The van der Waals surface area contributed by atoms with Crippen LogP contribution in [0.3, 0.4) is 0 Å². The van der Waals surface area contributed by atoms with E-state index in [0.717, 1.165) is 10.6 Å². The number of ketones is 1. The summed E-state index contributed by atoms with van der Waals surface area (Å²) >= 11 is 7.45. The first-order valence-electron chi connectivity index (χ1n) is 5.75. The van der Waals surface area contributed by atoms with E-state index in [-0.39, 0.29) is 12.4 Å². The second-order valence-corrected chi connectivity index (χ2v) is 5.16. The van der Waals surface area contributed by atoms with Gasteiger partial charge >= 0.3 is 0 Å². The van der Waals surface area contributed by atoms with Gasteiger partial charge in [0.2, 0.25) is 0 Å². The van der Waals surface area contributed by atoms with Gasteiger partial charge in [-0.3, -0.25) is 4.79 Å². The standard InChI is InChI=1S/C15H13ClO2S/c1-19-15-8-3-2-7-14(15)18-10-13(17)11-5-4-6-12(16)9-11/h2-9H,10H2,1H3. The number of thioether (sulfide) groups is 1. The number of carbonyl (C=O) groups is 1. The van der Waals surface area contributed by atoms with Crippen molar-refractivity contribution in [2.24, 2.45) is 0 Å².